The summed E-state index contributed by atoms with van der Waals surface area (Å²) in [4.78, 5) is 2.01. The van der Waals surface area contributed by atoms with Crippen molar-refractivity contribution in [1.82, 2.24) is 9.62 Å². The first-order valence-electron chi connectivity index (χ1n) is 6.71. The molecule has 1 rings (SSSR count). The molecule has 0 heterocycles. The topological polar surface area (TPSA) is 49.4 Å². The van der Waals surface area contributed by atoms with Gasteiger partial charge in [0.1, 0.15) is 0 Å². The zero-order chi connectivity index (χ0) is 15.0. The lowest BCUT2D eigenvalue weighted by Crippen LogP contribution is -2.35. The van der Waals surface area contributed by atoms with E-state index in [0.29, 0.717) is 18.8 Å². The van der Waals surface area contributed by atoms with Crippen molar-refractivity contribution >= 4 is 21.6 Å². The van der Waals surface area contributed by atoms with Crippen LogP contribution in [0.4, 0.5) is 0 Å². The molecule has 1 aromatic carbocycles. The minimum Gasteiger partial charge on any atom is -0.301 e. The minimum absolute atomic E-state index is 0.0269. The van der Waals surface area contributed by atoms with Crippen LogP contribution in [0, 0.1) is 0 Å². The van der Waals surface area contributed by atoms with Crippen molar-refractivity contribution in [2.75, 3.05) is 32.3 Å². The molecule has 4 nitrogen and oxygen atoms in total. The molecule has 0 aliphatic rings. The van der Waals surface area contributed by atoms with Crippen LogP contribution in [-0.2, 0) is 10.0 Å². The van der Waals surface area contributed by atoms with Gasteiger partial charge in [-0.3, -0.25) is 0 Å². The summed E-state index contributed by atoms with van der Waals surface area (Å²) in [5.41, 5.74) is 1.10. The van der Waals surface area contributed by atoms with Gasteiger partial charge in [0.2, 0.25) is 10.0 Å². The molecule has 0 saturated carbocycles. The molecule has 0 spiro atoms. The van der Waals surface area contributed by atoms with Gasteiger partial charge in [0.15, 0.2) is 0 Å². The Labute approximate surface area is 127 Å². The van der Waals surface area contributed by atoms with E-state index in [0.717, 1.165) is 12.0 Å². The summed E-state index contributed by atoms with van der Waals surface area (Å²) in [6.45, 7) is 0.375. The predicted molar refractivity (Wildman–Crippen MR) is 84.6 cm³/mol. The molecular weight excluding hydrogens is 296 g/mol. The molecule has 1 unspecified atom stereocenters. The number of hydrogen-bond acceptors (Lipinski definition) is 3. The monoisotopic (exact) mass is 318 g/mol. The Bertz CT molecular complexity index is 477. The molecule has 0 aliphatic heterocycles. The van der Waals surface area contributed by atoms with Crippen LogP contribution < -0.4 is 4.72 Å². The largest absolute Gasteiger partial charge is 0.301 e. The van der Waals surface area contributed by atoms with Gasteiger partial charge in [-0.25, -0.2) is 13.1 Å². The van der Waals surface area contributed by atoms with Gasteiger partial charge in [0.05, 0.1) is 5.75 Å². The van der Waals surface area contributed by atoms with Crippen LogP contribution in [0.1, 0.15) is 24.4 Å². The zero-order valence-corrected chi connectivity index (χ0v) is 13.6. The normalized spacial score (nSPS) is 13.6. The standard InChI is InChI=1S/C14H23ClN2O2S/c1-17(2)14(13-8-4-3-5-9-13)12-16-20(18,19)11-7-6-10-15/h3-5,8-9,14,16H,6-7,10-12H2,1-2H3. The third kappa shape index (κ3) is 6.22. The highest BCUT2D eigenvalue weighted by Crippen LogP contribution is 2.17. The Morgan fingerprint density at radius 1 is 1.20 bits per heavy atom. The Morgan fingerprint density at radius 3 is 2.40 bits per heavy atom. The van der Waals surface area contributed by atoms with Gasteiger partial charge in [0, 0.05) is 18.5 Å². The Hall–Kier alpha value is -0.620. The molecular formula is C14H23ClN2O2S. The Kier molecular flexibility index (Phi) is 7.51. The lowest BCUT2D eigenvalue weighted by molar-refractivity contribution is 0.299. The number of halogens is 1. The van der Waals surface area contributed by atoms with E-state index in [1.54, 1.807) is 0 Å². The number of nitrogens with zero attached hydrogens (tertiary/aromatic N) is 1. The summed E-state index contributed by atoms with van der Waals surface area (Å²) >= 11 is 5.56. The second-order valence-corrected chi connectivity index (χ2v) is 7.26. The summed E-state index contributed by atoms with van der Waals surface area (Å²) < 4.78 is 26.5. The van der Waals surface area contributed by atoms with Gasteiger partial charge in [-0.05, 0) is 32.5 Å². The molecule has 0 aromatic heterocycles. The molecule has 0 amide bonds. The van der Waals surface area contributed by atoms with Crippen LogP contribution in [0.5, 0.6) is 0 Å². The van der Waals surface area contributed by atoms with Crippen molar-refractivity contribution in [3.8, 4) is 0 Å². The third-order valence-electron chi connectivity index (χ3n) is 3.10. The van der Waals surface area contributed by atoms with E-state index >= 15 is 0 Å². The summed E-state index contributed by atoms with van der Waals surface area (Å²) in [5.74, 6) is 0.633. The van der Waals surface area contributed by atoms with E-state index in [1.807, 2.05) is 49.3 Å². The summed E-state index contributed by atoms with van der Waals surface area (Å²) in [5, 5.41) is 0. The summed E-state index contributed by atoms with van der Waals surface area (Å²) in [7, 11) is 0.662. The minimum atomic E-state index is -3.23. The Balaban J connectivity index is 2.60. The predicted octanol–water partition coefficient (Wildman–Crippen LogP) is 2.23. The van der Waals surface area contributed by atoms with Gasteiger partial charge in [-0.2, -0.15) is 0 Å². The fourth-order valence-corrected chi connectivity index (χ4v) is 3.27. The summed E-state index contributed by atoms with van der Waals surface area (Å²) in [6, 6.07) is 9.91. The lowest BCUT2D eigenvalue weighted by Gasteiger charge is -2.25. The number of unbranched alkanes of at least 4 members (excludes halogenated alkanes) is 1. The number of nitrogens with one attached hydrogen (secondary N) is 1. The molecule has 0 radical (unpaired) electrons. The number of alkyl halides is 1. The molecule has 1 aromatic rings. The van der Waals surface area contributed by atoms with Crippen LogP contribution in [0.3, 0.4) is 0 Å². The highest BCUT2D eigenvalue weighted by Gasteiger charge is 2.17. The van der Waals surface area contributed by atoms with Crippen LogP contribution in [0.2, 0.25) is 0 Å². The van der Waals surface area contributed by atoms with Crippen molar-refractivity contribution in [3.05, 3.63) is 35.9 Å². The first-order chi connectivity index (χ1) is 9.46. The smallest absolute Gasteiger partial charge is 0.211 e. The number of sulfonamides is 1. The van der Waals surface area contributed by atoms with E-state index in [1.165, 1.54) is 0 Å². The fraction of sp³-hybridized carbons (Fsp3) is 0.571. The highest BCUT2D eigenvalue weighted by molar-refractivity contribution is 7.89. The van der Waals surface area contributed by atoms with Crippen molar-refractivity contribution in [2.24, 2.45) is 0 Å². The molecule has 0 saturated heterocycles. The first kappa shape index (κ1) is 17.4. The molecule has 0 fully saturated rings. The van der Waals surface area contributed by atoms with Crippen LogP contribution in [-0.4, -0.2) is 45.6 Å². The maximum atomic E-state index is 11.9. The van der Waals surface area contributed by atoms with Crippen LogP contribution >= 0.6 is 11.6 Å². The SMILES string of the molecule is CN(C)C(CNS(=O)(=O)CCCCCl)c1ccccc1. The van der Waals surface area contributed by atoms with Gasteiger partial charge < -0.3 is 4.90 Å². The maximum absolute atomic E-state index is 11.9. The molecule has 0 bridgehead atoms. The highest BCUT2D eigenvalue weighted by atomic mass is 35.5. The van der Waals surface area contributed by atoms with Gasteiger partial charge in [0.25, 0.3) is 0 Å². The van der Waals surface area contributed by atoms with Crippen molar-refractivity contribution in [3.63, 3.8) is 0 Å². The fourth-order valence-electron chi connectivity index (χ4n) is 1.94. The third-order valence-corrected chi connectivity index (χ3v) is 4.80. The number of likely N-dealkylation sites (N-methyl/N-ethyl adjacent to an activating group) is 1. The first-order valence-corrected chi connectivity index (χ1v) is 8.89. The molecule has 20 heavy (non-hydrogen) atoms. The average molecular weight is 319 g/mol. The molecule has 114 valence electrons. The second kappa shape index (κ2) is 8.62. The maximum Gasteiger partial charge on any atom is 0.211 e. The van der Waals surface area contributed by atoms with Crippen molar-refractivity contribution in [2.45, 2.75) is 18.9 Å². The van der Waals surface area contributed by atoms with E-state index in [2.05, 4.69) is 4.72 Å². The molecule has 0 aliphatic carbocycles. The zero-order valence-electron chi connectivity index (χ0n) is 12.0. The molecule has 1 atom stereocenters. The van der Waals surface area contributed by atoms with Crippen molar-refractivity contribution < 1.29 is 8.42 Å². The number of hydrogen-bond donors (Lipinski definition) is 1. The van der Waals surface area contributed by atoms with E-state index in [-0.39, 0.29) is 11.8 Å². The quantitative estimate of drug-likeness (QED) is 0.561. The van der Waals surface area contributed by atoms with Gasteiger partial charge in [-0.15, -0.1) is 11.6 Å². The second-order valence-electron chi connectivity index (χ2n) is 4.95. The van der Waals surface area contributed by atoms with E-state index in [9.17, 15) is 8.42 Å². The van der Waals surface area contributed by atoms with Gasteiger partial charge >= 0.3 is 0 Å². The number of benzene rings is 1. The Morgan fingerprint density at radius 2 is 1.85 bits per heavy atom. The van der Waals surface area contributed by atoms with E-state index < -0.39 is 10.0 Å². The van der Waals surface area contributed by atoms with Gasteiger partial charge in [-0.1, -0.05) is 30.3 Å². The molecule has 1 N–H and O–H groups in total. The number of rotatable bonds is 9. The molecule has 6 heteroatoms. The van der Waals surface area contributed by atoms with Crippen LogP contribution in [0.25, 0.3) is 0 Å². The average Bonchev–Trinajstić information content (AvgIpc) is 2.40. The van der Waals surface area contributed by atoms with E-state index in [4.69, 9.17) is 11.6 Å². The van der Waals surface area contributed by atoms with Crippen molar-refractivity contribution in [1.29, 1.82) is 0 Å². The summed E-state index contributed by atoms with van der Waals surface area (Å²) in [6.07, 6.45) is 1.31. The van der Waals surface area contributed by atoms with Crippen LogP contribution in [0.15, 0.2) is 30.3 Å². The lowest BCUT2D eigenvalue weighted by atomic mass is 10.1.